The Bertz CT molecular complexity index is 802. The monoisotopic (exact) mass is 516 g/mol. The fourth-order valence-corrected chi connectivity index (χ4v) is 3.00. The van der Waals surface area contributed by atoms with Crippen LogP contribution in [0.15, 0.2) is 46.1 Å². The largest absolute Gasteiger partial charge is 0.467 e. The highest BCUT2D eigenvalue weighted by molar-refractivity contribution is 14.0. The summed E-state index contributed by atoms with van der Waals surface area (Å²) in [5.74, 6) is 1.10. The van der Waals surface area contributed by atoms with E-state index in [1.165, 1.54) is 6.07 Å². The number of aromatic nitrogens is 1. The number of amides is 1. The highest BCUT2D eigenvalue weighted by atomic mass is 127. The summed E-state index contributed by atoms with van der Waals surface area (Å²) in [5.41, 5.74) is 0. The van der Waals surface area contributed by atoms with Crippen LogP contribution in [0.1, 0.15) is 19.1 Å². The van der Waals surface area contributed by atoms with Gasteiger partial charge >= 0.3 is 0 Å². The molecule has 3 N–H and O–H groups in total. The minimum Gasteiger partial charge on any atom is -0.467 e. The van der Waals surface area contributed by atoms with Gasteiger partial charge in [-0.2, -0.15) is 0 Å². The zero-order valence-corrected chi connectivity index (χ0v) is 18.6. The number of rotatable bonds is 7. The number of hydrogen-bond donors (Lipinski definition) is 3. The molecule has 0 spiro atoms. The average Bonchev–Trinajstić information content (AvgIpc) is 3.37. The third-order valence-electron chi connectivity index (χ3n) is 4.33. The number of carbonyl (C=O) groups is 1. The molecule has 8 nitrogen and oxygen atoms in total. The Morgan fingerprint density at radius 1 is 1.38 bits per heavy atom. The smallest absolute Gasteiger partial charge is 0.242 e. The molecule has 158 valence electrons. The second kappa shape index (κ2) is 11.6. The normalized spacial score (nSPS) is 16.3. The molecule has 1 fully saturated rings. The SMILES string of the molecule is CCNC(=NCC(=O)NCc1ccco1)NC1CCN(c2ncccc2F)C1.I. The van der Waals surface area contributed by atoms with Gasteiger partial charge < -0.3 is 25.3 Å². The molecule has 0 bridgehead atoms. The van der Waals surface area contributed by atoms with Crippen LogP contribution < -0.4 is 20.9 Å². The molecule has 2 aromatic rings. The van der Waals surface area contributed by atoms with E-state index >= 15 is 0 Å². The molecule has 1 saturated heterocycles. The van der Waals surface area contributed by atoms with E-state index in [1.54, 1.807) is 30.7 Å². The van der Waals surface area contributed by atoms with Crippen LogP contribution in [0.25, 0.3) is 0 Å². The lowest BCUT2D eigenvalue weighted by Gasteiger charge is -2.19. The number of aliphatic imine (C=N–C) groups is 1. The molecule has 1 unspecified atom stereocenters. The number of nitrogens with one attached hydrogen (secondary N) is 3. The first-order valence-corrected chi connectivity index (χ1v) is 9.35. The van der Waals surface area contributed by atoms with Gasteiger partial charge in [0, 0.05) is 31.9 Å². The minimum atomic E-state index is -0.322. The van der Waals surface area contributed by atoms with E-state index in [0.29, 0.717) is 43.7 Å². The summed E-state index contributed by atoms with van der Waals surface area (Å²) in [7, 11) is 0. The predicted molar refractivity (Wildman–Crippen MR) is 120 cm³/mol. The maximum Gasteiger partial charge on any atom is 0.242 e. The number of guanidine groups is 1. The predicted octanol–water partition coefficient (Wildman–Crippen LogP) is 1.88. The second-order valence-corrected chi connectivity index (χ2v) is 6.44. The van der Waals surface area contributed by atoms with Crippen molar-refractivity contribution in [1.82, 2.24) is 20.9 Å². The first kappa shape index (κ1) is 22.9. The molecule has 1 amide bonds. The third kappa shape index (κ3) is 6.87. The van der Waals surface area contributed by atoms with E-state index in [9.17, 15) is 9.18 Å². The minimum absolute atomic E-state index is 0. The lowest BCUT2D eigenvalue weighted by molar-refractivity contribution is -0.119. The van der Waals surface area contributed by atoms with Crippen molar-refractivity contribution >= 4 is 41.7 Å². The van der Waals surface area contributed by atoms with E-state index < -0.39 is 0 Å². The standard InChI is InChI=1S/C19H25FN6O2.HI/c1-2-21-19(24-12-17(27)23-11-15-5-4-10-28-15)25-14-7-9-26(13-14)18-16(20)6-3-8-22-18;/h3-6,8,10,14H,2,7,9,11-13H2,1H3,(H,23,27)(H2,21,24,25);1H. The number of anilines is 1. The molecule has 1 aliphatic heterocycles. The number of pyridine rings is 1. The zero-order valence-electron chi connectivity index (χ0n) is 16.2. The lowest BCUT2D eigenvalue weighted by Crippen LogP contribution is -2.45. The summed E-state index contributed by atoms with van der Waals surface area (Å²) >= 11 is 0. The van der Waals surface area contributed by atoms with Crippen molar-refractivity contribution in [3.8, 4) is 0 Å². The summed E-state index contributed by atoms with van der Waals surface area (Å²) in [4.78, 5) is 22.4. The van der Waals surface area contributed by atoms with Crippen LogP contribution in [0.2, 0.25) is 0 Å². The van der Waals surface area contributed by atoms with Crippen LogP contribution in [0.5, 0.6) is 0 Å². The van der Waals surface area contributed by atoms with Gasteiger partial charge in [-0.1, -0.05) is 0 Å². The van der Waals surface area contributed by atoms with E-state index in [4.69, 9.17) is 4.42 Å². The summed E-state index contributed by atoms with van der Waals surface area (Å²) < 4.78 is 19.1. The maximum absolute atomic E-state index is 13.9. The van der Waals surface area contributed by atoms with Crippen molar-refractivity contribution in [2.45, 2.75) is 25.9 Å². The Kier molecular flexibility index (Phi) is 9.16. The Hall–Kier alpha value is -2.37. The van der Waals surface area contributed by atoms with Gasteiger partial charge in [0.2, 0.25) is 5.91 Å². The molecule has 0 aromatic carbocycles. The lowest BCUT2D eigenvalue weighted by atomic mass is 10.3. The van der Waals surface area contributed by atoms with E-state index in [1.807, 2.05) is 11.8 Å². The first-order chi connectivity index (χ1) is 13.7. The molecule has 3 heterocycles. The summed E-state index contributed by atoms with van der Waals surface area (Å²) in [6.45, 7) is 4.28. The van der Waals surface area contributed by atoms with Crippen LogP contribution in [0.4, 0.5) is 10.2 Å². The highest BCUT2D eigenvalue weighted by Gasteiger charge is 2.26. The van der Waals surface area contributed by atoms with Crippen molar-refractivity contribution in [3.63, 3.8) is 0 Å². The van der Waals surface area contributed by atoms with Gasteiger partial charge in [-0.3, -0.25) is 4.79 Å². The maximum atomic E-state index is 13.9. The molecule has 1 atom stereocenters. The number of hydrogen-bond acceptors (Lipinski definition) is 5. The van der Waals surface area contributed by atoms with Crippen molar-refractivity contribution in [2.24, 2.45) is 4.99 Å². The Balaban J connectivity index is 0.00000300. The molecule has 2 aromatic heterocycles. The second-order valence-electron chi connectivity index (χ2n) is 6.44. The molecular weight excluding hydrogens is 490 g/mol. The van der Waals surface area contributed by atoms with Crippen molar-refractivity contribution in [3.05, 3.63) is 48.3 Å². The molecule has 0 aliphatic carbocycles. The van der Waals surface area contributed by atoms with Crippen LogP contribution in [-0.2, 0) is 11.3 Å². The first-order valence-electron chi connectivity index (χ1n) is 9.35. The van der Waals surface area contributed by atoms with Crippen LogP contribution >= 0.6 is 24.0 Å². The molecule has 3 rings (SSSR count). The topological polar surface area (TPSA) is 94.8 Å². The number of furan rings is 1. The zero-order chi connectivity index (χ0) is 19.8. The van der Waals surface area contributed by atoms with Crippen LogP contribution in [0.3, 0.4) is 0 Å². The summed E-state index contributed by atoms with van der Waals surface area (Å²) in [5, 5.41) is 9.20. The highest BCUT2D eigenvalue weighted by Crippen LogP contribution is 2.20. The van der Waals surface area contributed by atoms with Gasteiger partial charge in [0.15, 0.2) is 17.6 Å². The van der Waals surface area contributed by atoms with Gasteiger partial charge in [-0.15, -0.1) is 24.0 Å². The van der Waals surface area contributed by atoms with Crippen molar-refractivity contribution in [1.29, 1.82) is 0 Å². The summed E-state index contributed by atoms with van der Waals surface area (Å²) in [6, 6.07) is 6.65. The molecule has 0 saturated carbocycles. The Labute approximate surface area is 186 Å². The molecule has 0 radical (unpaired) electrons. The fourth-order valence-electron chi connectivity index (χ4n) is 3.00. The van der Waals surface area contributed by atoms with Gasteiger partial charge in [0.05, 0.1) is 12.8 Å². The quantitative estimate of drug-likeness (QED) is 0.296. The number of halogens is 2. The third-order valence-corrected chi connectivity index (χ3v) is 4.33. The van der Waals surface area contributed by atoms with Crippen LogP contribution in [0, 0.1) is 5.82 Å². The van der Waals surface area contributed by atoms with Gasteiger partial charge in [-0.05, 0) is 37.6 Å². The number of nitrogens with zero attached hydrogens (tertiary/aromatic N) is 3. The van der Waals surface area contributed by atoms with E-state index in [0.717, 1.165) is 6.42 Å². The molecular formula is C19H26FIN6O2. The average molecular weight is 516 g/mol. The van der Waals surface area contributed by atoms with E-state index in [2.05, 4.69) is 25.9 Å². The van der Waals surface area contributed by atoms with Gasteiger partial charge in [-0.25, -0.2) is 14.4 Å². The van der Waals surface area contributed by atoms with Gasteiger partial charge in [0.1, 0.15) is 12.3 Å². The van der Waals surface area contributed by atoms with Crippen LogP contribution in [-0.4, -0.2) is 49.1 Å². The Morgan fingerprint density at radius 2 is 2.24 bits per heavy atom. The molecule has 29 heavy (non-hydrogen) atoms. The Morgan fingerprint density at radius 3 is 2.97 bits per heavy atom. The van der Waals surface area contributed by atoms with Crippen molar-refractivity contribution < 1.29 is 13.6 Å². The number of carbonyl (C=O) groups excluding carboxylic acids is 1. The fraction of sp³-hybridized carbons (Fsp3) is 0.421. The van der Waals surface area contributed by atoms with Gasteiger partial charge in [0.25, 0.3) is 0 Å². The molecule has 1 aliphatic rings. The van der Waals surface area contributed by atoms with Crippen molar-refractivity contribution in [2.75, 3.05) is 31.1 Å². The summed E-state index contributed by atoms with van der Waals surface area (Å²) in [6.07, 6.45) is 3.98. The van der Waals surface area contributed by atoms with E-state index in [-0.39, 0.29) is 48.3 Å². The molecule has 10 heteroatoms.